The van der Waals surface area contributed by atoms with Crippen LogP contribution in [-0.4, -0.2) is 33.0 Å². The second-order valence-corrected chi connectivity index (χ2v) is 7.54. The lowest BCUT2D eigenvalue weighted by atomic mass is 10.1. The van der Waals surface area contributed by atoms with Gasteiger partial charge in [-0.3, -0.25) is 4.79 Å². The van der Waals surface area contributed by atoms with Crippen molar-refractivity contribution in [2.24, 2.45) is 0 Å². The predicted molar refractivity (Wildman–Crippen MR) is 96.9 cm³/mol. The van der Waals surface area contributed by atoms with Gasteiger partial charge >= 0.3 is 0 Å². The molecule has 3 rings (SSSR count). The molecule has 0 unspecified atom stereocenters. The van der Waals surface area contributed by atoms with Crippen LogP contribution in [0.2, 0.25) is 10.0 Å². The van der Waals surface area contributed by atoms with E-state index in [1.54, 1.807) is 12.1 Å². The number of thioether (sulfide) groups is 1. The Morgan fingerprint density at radius 2 is 2.17 bits per heavy atom. The second-order valence-electron chi connectivity index (χ2n) is 5.76. The average molecular weight is 385 g/mol. The van der Waals surface area contributed by atoms with Crippen molar-refractivity contribution in [1.82, 2.24) is 20.1 Å². The van der Waals surface area contributed by atoms with E-state index in [1.165, 1.54) is 24.6 Å². The molecule has 1 aliphatic carbocycles. The van der Waals surface area contributed by atoms with Gasteiger partial charge in [-0.05, 0) is 43.9 Å². The van der Waals surface area contributed by atoms with Crippen molar-refractivity contribution in [1.29, 1.82) is 0 Å². The van der Waals surface area contributed by atoms with Gasteiger partial charge in [-0.1, -0.05) is 41.0 Å². The maximum Gasteiger partial charge on any atom is 0.230 e. The second kappa shape index (κ2) is 7.76. The van der Waals surface area contributed by atoms with Crippen LogP contribution in [0.15, 0.2) is 23.4 Å². The van der Waals surface area contributed by atoms with Crippen molar-refractivity contribution < 1.29 is 4.79 Å². The Kier molecular flexibility index (Phi) is 5.69. The minimum Gasteiger partial charge on any atom is -0.355 e. The first-order valence-electron chi connectivity index (χ1n) is 7.79. The summed E-state index contributed by atoms with van der Waals surface area (Å²) in [5.74, 6) is 1.23. The van der Waals surface area contributed by atoms with Gasteiger partial charge in [-0.2, -0.15) is 0 Å². The van der Waals surface area contributed by atoms with Gasteiger partial charge < -0.3 is 9.88 Å². The summed E-state index contributed by atoms with van der Waals surface area (Å²) in [4.78, 5) is 12.0. The minimum absolute atomic E-state index is 0.0203. The summed E-state index contributed by atoms with van der Waals surface area (Å²) in [7, 11) is 0. The third kappa shape index (κ3) is 4.43. The number of carbonyl (C=O) groups is 1. The van der Waals surface area contributed by atoms with Gasteiger partial charge in [-0.15, -0.1) is 10.2 Å². The Hall–Kier alpha value is -1.24. The quantitative estimate of drug-likeness (QED) is 0.739. The van der Waals surface area contributed by atoms with Gasteiger partial charge in [0.15, 0.2) is 5.16 Å². The molecule has 8 heteroatoms. The molecule has 1 heterocycles. The zero-order valence-electron chi connectivity index (χ0n) is 13.3. The number of carbonyl (C=O) groups excluding carboxylic acids is 1. The fraction of sp³-hybridized carbons (Fsp3) is 0.438. The summed E-state index contributed by atoms with van der Waals surface area (Å²) < 4.78 is 2.13. The van der Waals surface area contributed by atoms with Crippen LogP contribution >= 0.6 is 35.0 Å². The lowest BCUT2D eigenvalue weighted by molar-refractivity contribution is -0.118. The number of nitrogens with one attached hydrogen (secondary N) is 1. The zero-order chi connectivity index (χ0) is 17.1. The molecule has 0 radical (unpaired) electrons. The van der Waals surface area contributed by atoms with Crippen LogP contribution in [0.4, 0.5) is 0 Å². The lowest BCUT2D eigenvalue weighted by Gasteiger charge is -2.08. The third-order valence-corrected chi connectivity index (χ3v) is 5.34. The fourth-order valence-electron chi connectivity index (χ4n) is 2.44. The molecule has 1 N–H and O–H groups in total. The van der Waals surface area contributed by atoms with Gasteiger partial charge in [0.1, 0.15) is 5.82 Å². The van der Waals surface area contributed by atoms with Crippen molar-refractivity contribution in [3.63, 3.8) is 0 Å². The minimum atomic E-state index is -0.0203. The molecule has 1 aliphatic rings. The van der Waals surface area contributed by atoms with Gasteiger partial charge in [-0.25, -0.2) is 0 Å². The molecule has 5 nitrogen and oxygen atoms in total. The van der Waals surface area contributed by atoms with Crippen LogP contribution in [0, 0.1) is 6.92 Å². The van der Waals surface area contributed by atoms with Crippen LogP contribution < -0.4 is 5.32 Å². The topological polar surface area (TPSA) is 59.8 Å². The smallest absolute Gasteiger partial charge is 0.230 e. The van der Waals surface area contributed by atoms with Crippen LogP contribution in [0.3, 0.4) is 0 Å². The Morgan fingerprint density at radius 3 is 2.88 bits per heavy atom. The molecule has 24 heavy (non-hydrogen) atoms. The Balaban J connectivity index is 1.45. The molecular weight excluding hydrogens is 367 g/mol. The third-order valence-electron chi connectivity index (χ3n) is 3.81. The number of aromatic nitrogens is 3. The first-order valence-corrected chi connectivity index (χ1v) is 9.53. The molecule has 1 aromatic heterocycles. The summed E-state index contributed by atoms with van der Waals surface area (Å²) in [5.41, 5.74) is 0.970. The van der Waals surface area contributed by atoms with E-state index in [2.05, 4.69) is 20.1 Å². The summed E-state index contributed by atoms with van der Waals surface area (Å²) in [6.45, 7) is 2.49. The van der Waals surface area contributed by atoms with Gasteiger partial charge in [0, 0.05) is 22.6 Å². The Bertz CT molecular complexity index is 746. The van der Waals surface area contributed by atoms with Crippen molar-refractivity contribution >= 4 is 40.9 Å². The highest BCUT2D eigenvalue weighted by atomic mass is 35.5. The molecule has 2 aromatic rings. The van der Waals surface area contributed by atoms with E-state index >= 15 is 0 Å². The molecule has 0 bridgehead atoms. The van der Waals surface area contributed by atoms with E-state index in [4.69, 9.17) is 23.2 Å². The largest absolute Gasteiger partial charge is 0.355 e. The van der Waals surface area contributed by atoms with E-state index in [1.807, 2.05) is 13.0 Å². The molecule has 1 saturated carbocycles. The maximum absolute atomic E-state index is 12.0. The number of amides is 1. The van der Waals surface area contributed by atoms with E-state index in [0.717, 1.165) is 16.5 Å². The van der Waals surface area contributed by atoms with Crippen molar-refractivity contribution in [3.8, 4) is 0 Å². The highest BCUT2D eigenvalue weighted by Gasteiger charge is 2.28. The number of benzene rings is 1. The molecule has 0 saturated heterocycles. The van der Waals surface area contributed by atoms with Crippen LogP contribution in [0.25, 0.3) is 0 Å². The van der Waals surface area contributed by atoms with Crippen LogP contribution in [-0.2, 0) is 11.2 Å². The predicted octanol–water partition coefficient (Wildman–Crippen LogP) is 3.68. The van der Waals surface area contributed by atoms with E-state index < -0.39 is 0 Å². The first-order chi connectivity index (χ1) is 11.5. The normalized spacial score (nSPS) is 14.0. The van der Waals surface area contributed by atoms with Gasteiger partial charge in [0.2, 0.25) is 5.91 Å². The molecule has 0 atom stereocenters. The molecule has 1 aromatic carbocycles. The number of rotatable bonds is 7. The highest BCUT2D eigenvalue weighted by molar-refractivity contribution is 7.99. The highest BCUT2D eigenvalue weighted by Crippen LogP contribution is 2.38. The number of nitrogens with zero attached hydrogens (tertiary/aromatic N) is 3. The Morgan fingerprint density at radius 1 is 1.38 bits per heavy atom. The lowest BCUT2D eigenvalue weighted by Crippen LogP contribution is -2.27. The Labute approximate surface area is 155 Å². The molecule has 0 aliphatic heterocycles. The van der Waals surface area contributed by atoms with Crippen molar-refractivity contribution in [2.75, 3.05) is 12.3 Å². The summed E-state index contributed by atoms with van der Waals surface area (Å²) in [6.07, 6.45) is 3.00. The SMILES string of the molecule is Cc1nnc(SCC(=O)NCCc2ccc(Cl)cc2Cl)n1C1CC1. The average Bonchev–Trinajstić information content (AvgIpc) is 3.30. The molecule has 0 spiro atoms. The summed E-state index contributed by atoms with van der Waals surface area (Å²) in [6, 6.07) is 5.90. The molecular formula is C16H18Cl2N4OS. The maximum atomic E-state index is 12.0. The standard InChI is InChI=1S/C16H18Cl2N4OS/c1-10-20-21-16(22(10)13-4-5-13)24-9-15(23)19-7-6-11-2-3-12(17)8-14(11)18/h2-3,8,13H,4-7,9H2,1H3,(H,19,23). The molecule has 1 fully saturated rings. The number of hydrogen-bond donors (Lipinski definition) is 1. The van der Waals surface area contributed by atoms with Gasteiger partial charge in [0.05, 0.1) is 5.75 Å². The van der Waals surface area contributed by atoms with E-state index in [-0.39, 0.29) is 5.91 Å². The summed E-state index contributed by atoms with van der Waals surface area (Å²) >= 11 is 13.4. The molecule has 128 valence electrons. The number of aryl methyl sites for hydroxylation is 1. The first kappa shape index (κ1) is 17.6. The van der Waals surface area contributed by atoms with Crippen molar-refractivity contribution in [2.45, 2.75) is 37.4 Å². The van der Waals surface area contributed by atoms with Crippen LogP contribution in [0.1, 0.15) is 30.3 Å². The van der Waals surface area contributed by atoms with E-state index in [9.17, 15) is 4.79 Å². The summed E-state index contributed by atoms with van der Waals surface area (Å²) in [5, 5.41) is 13.2. The monoisotopic (exact) mass is 384 g/mol. The molecule has 1 amide bonds. The number of hydrogen-bond acceptors (Lipinski definition) is 4. The fourth-order valence-corrected chi connectivity index (χ4v) is 3.83. The zero-order valence-corrected chi connectivity index (χ0v) is 15.6. The van der Waals surface area contributed by atoms with Gasteiger partial charge in [0.25, 0.3) is 0 Å². The number of halogens is 2. The van der Waals surface area contributed by atoms with Crippen molar-refractivity contribution in [3.05, 3.63) is 39.6 Å². The van der Waals surface area contributed by atoms with Crippen LogP contribution in [0.5, 0.6) is 0 Å². The van der Waals surface area contributed by atoms with E-state index in [0.29, 0.717) is 34.8 Å².